The second-order valence-electron chi connectivity index (χ2n) is 4.66. The zero-order chi connectivity index (χ0) is 11.0. The molecule has 0 amide bonds. The van der Waals surface area contributed by atoms with Crippen LogP contribution in [0, 0.1) is 6.92 Å². The smallest absolute Gasteiger partial charge is 0.213 e. The SMILES string of the molecule is Cc1ccc2c(c1)COC1(CCNCC1)O2. The standard InChI is InChI=1S/C13H17NO2/c1-10-2-3-12-11(8-10)9-15-13(16-12)4-6-14-7-5-13/h2-3,8,14H,4-7,9H2,1H3. The molecule has 0 aromatic heterocycles. The van der Waals surface area contributed by atoms with Crippen LogP contribution >= 0.6 is 0 Å². The summed E-state index contributed by atoms with van der Waals surface area (Å²) in [5, 5.41) is 3.33. The highest BCUT2D eigenvalue weighted by Gasteiger charge is 2.38. The number of hydrogen-bond donors (Lipinski definition) is 1. The highest BCUT2D eigenvalue weighted by Crippen LogP contribution is 2.36. The summed E-state index contributed by atoms with van der Waals surface area (Å²) in [4.78, 5) is 0. The van der Waals surface area contributed by atoms with Crippen molar-refractivity contribution in [1.29, 1.82) is 0 Å². The first kappa shape index (κ1) is 10.1. The lowest BCUT2D eigenvalue weighted by molar-refractivity contribution is -0.218. The molecule has 3 rings (SSSR count). The van der Waals surface area contributed by atoms with Gasteiger partial charge in [-0.2, -0.15) is 0 Å². The molecule has 0 radical (unpaired) electrons. The Balaban J connectivity index is 1.88. The Hall–Kier alpha value is -1.06. The molecule has 86 valence electrons. The zero-order valence-electron chi connectivity index (χ0n) is 9.58. The Labute approximate surface area is 95.8 Å². The van der Waals surface area contributed by atoms with Gasteiger partial charge in [0.05, 0.1) is 6.61 Å². The molecule has 0 unspecified atom stereocenters. The average Bonchev–Trinajstić information content (AvgIpc) is 2.31. The highest BCUT2D eigenvalue weighted by molar-refractivity contribution is 5.37. The van der Waals surface area contributed by atoms with Crippen molar-refractivity contribution in [2.75, 3.05) is 13.1 Å². The Morgan fingerprint density at radius 2 is 2.06 bits per heavy atom. The number of aryl methyl sites for hydroxylation is 1. The van der Waals surface area contributed by atoms with E-state index in [1.807, 2.05) is 0 Å². The summed E-state index contributed by atoms with van der Waals surface area (Å²) in [6.07, 6.45) is 1.86. The maximum Gasteiger partial charge on any atom is 0.213 e. The molecule has 1 aromatic rings. The second kappa shape index (κ2) is 3.75. The molecule has 2 aliphatic rings. The highest BCUT2D eigenvalue weighted by atomic mass is 16.7. The van der Waals surface area contributed by atoms with Crippen molar-refractivity contribution in [3.8, 4) is 5.75 Å². The summed E-state index contributed by atoms with van der Waals surface area (Å²) in [7, 11) is 0. The van der Waals surface area contributed by atoms with E-state index in [1.54, 1.807) is 0 Å². The van der Waals surface area contributed by atoms with Gasteiger partial charge in [0.2, 0.25) is 5.79 Å². The average molecular weight is 219 g/mol. The van der Waals surface area contributed by atoms with Gasteiger partial charge in [-0.25, -0.2) is 0 Å². The van der Waals surface area contributed by atoms with Gasteiger partial charge >= 0.3 is 0 Å². The molecule has 0 aliphatic carbocycles. The third kappa shape index (κ3) is 1.70. The lowest BCUT2D eigenvalue weighted by Gasteiger charge is -2.41. The van der Waals surface area contributed by atoms with Crippen LogP contribution in [0.1, 0.15) is 24.0 Å². The summed E-state index contributed by atoms with van der Waals surface area (Å²) in [5.74, 6) is 0.631. The van der Waals surface area contributed by atoms with Gasteiger partial charge in [-0.15, -0.1) is 0 Å². The van der Waals surface area contributed by atoms with Crippen LogP contribution in [0.5, 0.6) is 5.75 Å². The number of hydrogen-bond acceptors (Lipinski definition) is 3. The van der Waals surface area contributed by atoms with E-state index in [-0.39, 0.29) is 5.79 Å². The van der Waals surface area contributed by atoms with Gasteiger partial charge in [0.15, 0.2) is 0 Å². The monoisotopic (exact) mass is 219 g/mol. The first-order chi connectivity index (χ1) is 7.77. The Morgan fingerprint density at radius 1 is 1.25 bits per heavy atom. The molecule has 1 fully saturated rings. The van der Waals surface area contributed by atoms with Crippen LogP contribution in [-0.2, 0) is 11.3 Å². The van der Waals surface area contributed by atoms with Crippen LogP contribution in [0.2, 0.25) is 0 Å². The number of benzene rings is 1. The summed E-state index contributed by atoms with van der Waals surface area (Å²) < 4.78 is 12.0. The molecule has 3 heteroatoms. The van der Waals surface area contributed by atoms with Crippen molar-refractivity contribution in [3.05, 3.63) is 29.3 Å². The Bertz CT molecular complexity index is 397. The van der Waals surface area contributed by atoms with Gasteiger partial charge in [-0.05, 0) is 13.0 Å². The van der Waals surface area contributed by atoms with E-state index in [0.717, 1.165) is 31.7 Å². The molecule has 2 aliphatic heterocycles. The molecule has 0 bridgehead atoms. The van der Waals surface area contributed by atoms with Gasteiger partial charge in [0.1, 0.15) is 5.75 Å². The Kier molecular flexibility index (Phi) is 2.37. The molecular weight excluding hydrogens is 202 g/mol. The summed E-state index contributed by atoms with van der Waals surface area (Å²) in [6.45, 7) is 4.72. The minimum absolute atomic E-state index is 0.368. The van der Waals surface area contributed by atoms with Crippen LogP contribution in [-0.4, -0.2) is 18.9 Å². The van der Waals surface area contributed by atoms with E-state index in [0.29, 0.717) is 6.61 Å². The van der Waals surface area contributed by atoms with Crippen LogP contribution in [0.4, 0.5) is 0 Å². The lowest BCUT2D eigenvalue weighted by atomic mass is 10.0. The fraction of sp³-hybridized carbons (Fsp3) is 0.538. The quantitative estimate of drug-likeness (QED) is 0.723. The third-order valence-corrected chi connectivity index (χ3v) is 3.37. The molecule has 0 saturated carbocycles. The van der Waals surface area contributed by atoms with E-state index in [4.69, 9.17) is 9.47 Å². The molecule has 1 spiro atoms. The first-order valence-corrected chi connectivity index (χ1v) is 5.91. The van der Waals surface area contributed by atoms with Crippen molar-refractivity contribution in [3.63, 3.8) is 0 Å². The predicted octanol–water partition coefficient (Wildman–Crippen LogP) is 1.98. The summed E-state index contributed by atoms with van der Waals surface area (Å²) in [6, 6.07) is 6.30. The number of ether oxygens (including phenoxy) is 2. The van der Waals surface area contributed by atoms with E-state index in [2.05, 4.69) is 30.4 Å². The van der Waals surface area contributed by atoms with Crippen molar-refractivity contribution < 1.29 is 9.47 Å². The van der Waals surface area contributed by atoms with Gasteiger partial charge in [0.25, 0.3) is 0 Å². The predicted molar refractivity (Wildman–Crippen MR) is 61.4 cm³/mol. The summed E-state index contributed by atoms with van der Waals surface area (Å²) in [5.41, 5.74) is 2.43. The summed E-state index contributed by atoms with van der Waals surface area (Å²) >= 11 is 0. The molecule has 3 nitrogen and oxygen atoms in total. The first-order valence-electron chi connectivity index (χ1n) is 5.91. The number of nitrogens with one attached hydrogen (secondary N) is 1. The normalized spacial score (nSPS) is 22.6. The van der Waals surface area contributed by atoms with Crippen LogP contribution in [0.3, 0.4) is 0 Å². The maximum absolute atomic E-state index is 6.05. The van der Waals surface area contributed by atoms with Crippen LogP contribution in [0.25, 0.3) is 0 Å². The molecule has 16 heavy (non-hydrogen) atoms. The molecule has 1 aromatic carbocycles. The topological polar surface area (TPSA) is 30.5 Å². The maximum atomic E-state index is 6.05. The minimum atomic E-state index is -0.368. The van der Waals surface area contributed by atoms with E-state index >= 15 is 0 Å². The van der Waals surface area contributed by atoms with Gasteiger partial charge < -0.3 is 14.8 Å². The van der Waals surface area contributed by atoms with E-state index < -0.39 is 0 Å². The van der Waals surface area contributed by atoms with E-state index in [1.165, 1.54) is 11.1 Å². The fourth-order valence-corrected chi connectivity index (χ4v) is 2.41. The number of piperidine rings is 1. The van der Waals surface area contributed by atoms with Crippen molar-refractivity contribution in [2.24, 2.45) is 0 Å². The largest absolute Gasteiger partial charge is 0.462 e. The second-order valence-corrected chi connectivity index (χ2v) is 4.66. The van der Waals surface area contributed by atoms with Crippen LogP contribution in [0.15, 0.2) is 18.2 Å². The van der Waals surface area contributed by atoms with Gasteiger partial charge in [-0.3, -0.25) is 0 Å². The van der Waals surface area contributed by atoms with Gasteiger partial charge in [-0.1, -0.05) is 17.7 Å². The third-order valence-electron chi connectivity index (χ3n) is 3.37. The van der Waals surface area contributed by atoms with Gasteiger partial charge in [0, 0.05) is 31.5 Å². The van der Waals surface area contributed by atoms with Crippen molar-refractivity contribution in [1.82, 2.24) is 5.32 Å². The van der Waals surface area contributed by atoms with Crippen LogP contribution < -0.4 is 10.1 Å². The zero-order valence-corrected chi connectivity index (χ0v) is 9.58. The molecule has 0 atom stereocenters. The fourth-order valence-electron chi connectivity index (χ4n) is 2.41. The minimum Gasteiger partial charge on any atom is -0.462 e. The van der Waals surface area contributed by atoms with Crippen molar-refractivity contribution in [2.45, 2.75) is 32.2 Å². The molecule has 1 N–H and O–H groups in total. The number of rotatable bonds is 0. The Morgan fingerprint density at radius 3 is 2.88 bits per heavy atom. The lowest BCUT2D eigenvalue weighted by Crippen LogP contribution is -2.49. The van der Waals surface area contributed by atoms with E-state index in [9.17, 15) is 0 Å². The van der Waals surface area contributed by atoms with Crippen molar-refractivity contribution >= 4 is 0 Å². The molecule has 1 saturated heterocycles. The number of fused-ring (bicyclic) bond motifs is 1. The molecule has 2 heterocycles. The molecular formula is C13H17NO2.